The Kier molecular flexibility index (Phi) is 10.7. The van der Waals surface area contributed by atoms with Crippen LogP contribution in [-0.2, 0) is 29.2 Å². The van der Waals surface area contributed by atoms with Crippen molar-refractivity contribution >= 4 is 33.5 Å². The Hall–Kier alpha value is -3.13. The summed E-state index contributed by atoms with van der Waals surface area (Å²) in [4.78, 5) is 54.3. The number of nitrogens with zero attached hydrogens (tertiary/aromatic N) is 1. The van der Waals surface area contributed by atoms with Gasteiger partial charge < -0.3 is 20.3 Å². The fourth-order valence-electron chi connectivity index (χ4n) is 5.23. The van der Waals surface area contributed by atoms with Crippen LogP contribution in [0.5, 0.6) is 5.75 Å². The Morgan fingerprint density at radius 3 is 2.48 bits per heavy atom. The summed E-state index contributed by atoms with van der Waals surface area (Å²) in [6.45, 7) is 7.22. The maximum Gasteiger partial charge on any atom is 0.243 e. The second kappa shape index (κ2) is 13.4. The number of halogens is 2. The minimum atomic E-state index is -3.74. The number of nitrogens with one attached hydrogen (secondary N) is 3. The van der Waals surface area contributed by atoms with E-state index in [1.807, 2.05) is 13.8 Å². The van der Waals surface area contributed by atoms with Gasteiger partial charge in [-0.3, -0.25) is 19.2 Å². The van der Waals surface area contributed by atoms with Crippen LogP contribution >= 0.6 is 0 Å². The Labute approximate surface area is 245 Å². The number of ether oxygens (including phenoxy) is 1. The standard InChI is InChI=1S/C28H40F2N4O7S/c1-16(2)24(33-42(5,39)40)27(38)34-11-9-28(3,4)14-21(34)26(37)32-20(12-17-8-10-31-25(17)36)22(35)15-41-23-7-6-18(29)13-19(23)30/h6-7,13,16-17,20-21,24,33H,8-12,14-15H2,1-5H3,(H,31,36)(H,32,37)/t17-,20-,21-,24-/m0/s1. The van der Waals surface area contributed by atoms with E-state index in [1.165, 1.54) is 4.90 Å². The highest BCUT2D eigenvalue weighted by Gasteiger charge is 2.43. The van der Waals surface area contributed by atoms with Crippen molar-refractivity contribution in [1.29, 1.82) is 0 Å². The van der Waals surface area contributed by atoms with Gasteiger partial charge in [-0.05, 0) is 49.1 Å². The number of carbonyl (C=O) groups excluding carboxylic acids is 4. The summed E-state index contributed by atoms with van der Waals surface area (Å²) >= 11 is 0. The molecule has 3 amide bonds. The van der Waals surface area contributed by atoms with E-state index in [4.69, 9.17) is 4.74 Å². The lowest BCUT2D eigenvalue weighted by Gasteiger charge is -2.44. The molecule has 14 heteroatoms. The maximum absolute atomic E-state index is 14.1. The molecule has 42 heavy (non-hydrogen) atoms. The molecule has 2 aliphatic heterocycles. The van der Waals surface area contributed by atoms with Crippen LogP contribution in [0.25, 0.3) is 0 Å². The highest BCUT2D eigenvalue weighted by molar-refractivity contribution is 7.88. The van der Waals surface area contributed by atoms with Gasteiger partial charge in [-0.1, -0.05) is 27.7 Å². The largest absolute Gasteiger partial charge is 0.483 e. The zero-order valence-electron chi connectivity index (χ0n) is 24.5. The molecule has 11 nitrogen and oxygen atoms in total. The highest BCUT2D eigenvalue weighted by atomic mass is 32.2. The number of carbonyl (C=O) groups is 4. The summed E-state index contributed by atoms with van der Waals surface area (Å²) in [6, 6.07) is -0.695. The number of sulfonamides is 1. The molecule has 0 unspecified atom stereocenters. The Balaban J connectivity index is 1.84. The van der Waals surface area contributed by atoms with Crippen molar-refractivity contribution in [3.63, 3.8) is 0 Å². The van der Waals surface area contributed by atoms with Crippen molar-refractivity contribution < 1.29 is 41.1 Å². The van der Waals surface area contributed by atoms with Crippen molar-refractivity contribution in [1.82, 2.24) is 20.3 Å². The third kappa shape index (κ3) is 8.93. The number of ketones is 1. The molecule has 234 valence electrons. The van der Waals surface area contributed by atoms with E-state index in [-0.39, 0.29) is 36.5 Å². The second-order valence-electron chi connectivity index (χ2n) is 12.2. The first-order valence-electron chi connectivity index (χ1n) is 13.9. The number of amides is 3. The van der Waals surface area contributed by atoms with Crippen LogP contribution in [0.3, 0.4) is 0 Å². The van der Waals surface area contributed by atoms with Gasteiger partial charge >= 0.3 is 0 Å². The maximum atomic E-state index is 14.1. The summed E-state index contributed by atoms with van der Waals surface area (Å²) < 4.78 is 58.9. The van der Waals surface area contributed by atoms with Crippen molar-refractivity contribution in [3.05, 3.63) is 29.8 Å². The quantitative estimate of drug-likeness (QED) is 0.323. The van der Waals surface area contributed by atoms with Crippen LogP contribution in [0.4, 0.5) is 8.78 Å². The monoisotopic (exact) mass is 614 g/mol. The van der Waals surface area contributed by atoms with E-state index in [0.29, 0.717) is 25.5 Å². The normalized spacial score (nSPS) is 21.9. The molecule has 0 aromatic heterocycles. The molecule has 1 aromatic carbocycles. The number of likely N-dealkylation sites (tertiary alicyclic amines) is 1. The molecule has 0 bridgehead atoms. The van der Waals surface area contributed by atoms with Crippen LogP contribution in [0.1, 0.15) is 53.4 Å². The van der Waals surface area contributed by atoms with E-state index in [9.17, 15) is 36.4 Å². The molecule has 0 aliphatic carbocycles. The van der Waals surface area contributed by atoms with Gasteiger partial charge in [0.25, 0.3) is 0 Å². The van der Waals surface area contributed by atoms with Gasteiger partial charge in [0.05, 0.1) is 12.3 Å². The number of hydrogen-bond acceptors (Lipinski definition) is 7. The lowest BCUT2D eigenvalue weighted by atomic mass is 9.78. The zero-order chi connectivity index (χ0) is 31.4. The molecule has 0 radical (unpaired) electrons. The van der Waals surface area contributed by atoms with E-state index in [0.717, 1.165) is 18.4 Å². The number of benzene rings is 1. The second-order valence-corrected chi connectivity index (χ2v) is 14.0. The van der Waals surface area contributed by atoms with Crippen molar-refractivity contribution in [2.24, 2.45) is 17.3 Å². The average molecular weight is 615 g/mol. The lowest BCUT2D eigenvalue weighted by molar-refractivity contribution is -0.147. The number of rotatable bonds is 12. The molecule has 2 heterocycles. The topological polar surface area (TPSA) is 151 Å². The molecule has 3 N–H and O–H groups in total. The minimum Gasteiger partial charge on any atom is -0.483 e. The number of hydrogen-bond donors (Lipinski definition) is 3. The van der Waals surface area contributed by atoms with Gasteiger partial charge in [0.1, 0.15) is 24.5 Å². The molecule has 2 saturated heterocycles. The lowest BCUT2D eigenvalue weighted by Crippen LogP contribution is -2.61. The molecule has 1 aromatic rings. The molecule has 3 rings (SSSR count). The van der Waals surface area contributed by atoms with Gasteiger partial charge in [0, 0.05) is 25.1 Å². The predicted octanol–water partition coefficient (Wildman–Crippen LogP) is 1.51. The molecule has 0 saturated carbocycles. The van der Waals surface area contributed by atoms with Gasteiger partial charge in [-0.25, -0.2) is 21.9 Å². The Morgan fingerprint density at radius 1 is 1.21 bits per heavy atom. The Morgan fingerprint density at radius 2 is 1.90 bits per heavy atom. The summed E-state index contributed by atoms with van der Waals surface area (Å²) in [5, 5.41) is 5.39. The molecule has 2 aliphatic rings. The van der Waals surface area contributed by atoms with Crippen molar-refractivity contribution in [3.8, 4) is 5.75 Å². The molecular weight excluding hydrogens is 574 g/mol. The van der Waals surface area contributed by atoms with Crippen LogP contribution < -0.4 is 20.1 Å². The van der Waals surface area contributed by atoms with Crippen LogP contribution in [0.2, 0.25) is 0 Å². The summed E-state index contributed by atoms with van der Waals surface area (Å²) in [6.07, 6.45) is 2.17. The minimum absolute atomic E-state index is 0.0417. The summed E-state index contributed by atoms with van der Waals surface area (Å²) in [7, 11) is -3.74. The van der Waals surface area contributed by atoms with Crippen molar-refractivity contribution in [2.45, 2.75) is 71.5 Å². The summed E-state index contributed by atoms with van der Waals surface area (Å²) in [5.74, 6) is -5.24. The van der Waals surface area contributed by atoms with Gasteiger partial charge in [-0.2, -0.15) is 0 Å². The zero-order valence-corrected chi connectivity index (χ0v) is 25.4. The molecule has 4 atom stereocenters. The van der Waals surface area contributed by atoms with Gasteiger partial charge in [0.15, 0.2) is 17.3 Å². The van der Waals surface area contributed by atoms with Crippen LogP contribution in [0, 0.1) is 28.9 Å². The first-order chi connectivity index (χ1) is 19.5. The molecule has 2 fully saturated rings. The van der Waals surface area contributed by atoms with Gasteiger partial charge in [0.2, 0.25) is 27.7 Å². The van der Waals surface area contributed by atoms with Crippen LogP contribution in [0.15, 0.2) is 18.2 Å². The molecule has 0 spiro atoms. The SMILES string of the molecule is CC(C)[C@H](NS(C)(=O)=O)C(=O)N1CCC(C)(C)C[C@H]1C(=O)N[C@@H](C[C@@H]1CCNC1=O)C(=O)COc1ccc(F)cc1F. The first-order valence-corrected chi connectivity index (χ1v) is 15.8. The molecular formula is C28H40F2N4O7S. The highest BCUT2D eigenvalue weighted by Crippen LogP contribution is 2.35. The average Bonchev–Trinajstić information content (AvgIpc) is 3.28. The van der Waals surface area contributed by atoms with E-state index in [2.05, 4.69) is 15.4 Å². The van der Waals surface area contributed by atoms with E-state index in [1.54, 1.807) is 13.8 Å². The number of Topliss-reactive ketones (excluding diaryl/α,β-unsaturated/α-hetero) is 1. The van der Waals surface area contributed by atoms with E-state index < -0.39 is 75.8 Å². The number of piperidine rings is 1. The Bertz CT molecular complexity index is 1300. The fourth-order valence-corrected chi connectivity index (χ4v) is 6.06. The smallest absolute Gasteiger partial charge is 0.243 e. The van der Waals surface area contributed by atoms with Crippen molar-refractivity contribution in [2.75, 3.05) is 26.0 Å². The van der Waals surface area contributed by atoms with Gasteiger partial charge in [-0.15, -0.1) is 0 Å². The third-order valence-corrected chi connectivity index (χ3v) is 8.35. The third-order valence-electron chi connectivity index (χ3n) is 7.66. The summed E-state index contributed by atoms with van der Waals surface area (Å²) in [5.41, 5.74) is -0.343. The first kappa shape index (κ1) is 33.4. The fraction of sp³-hybridized carbons (Fsp3) is 0.643. The van der Waals surface area contributed by atoms with E-state index >= 15 is 0 Å². The van der Waals surface area contributed by atoms with Crippen LogP contribution in [-0.4, -0.2) is 80.9 Å². The predicted molar refractivity (Wildman–Crippen MR) is 150 cm³/mol.